The zero-order valence-electron chi connectivity index (χ0n) is 8.33. The first-order chi connectivity index (χ1) is 6.06. The summed E-state index contributed by atoms with van der Waals surface area (Å²) in [5.41, 5.74) is 0. The highest BCUT2D eigenvalue weighted by molar-refractivity contribution is 5.87. The van der Waals surface area contributed by atoms with Crippen LogP contribution in [0, 0.1) is 5.92 Å². The van der Waals surface area contributed by atoms with Crippen LogP contribution in [0.5, 0.6) is 0 Å². The van der Waals surface area contributed by atoms with Gasteiger partial charge in [-0.15, -0.1) is 0 Å². The van der Waals surface area contributed by atoms with Gasteiger partial charge < -0.3 is 10.2 Å². The van der Waals surface area contributed by atoms with Gasteiger partial charge in [-0.05, 0) is 12.3 Å². The van der Waals surface area contributed by atoms with Crippen LogP contribution < -0.4 is 5.32 Å². The minimum atomic E-state index is -0.252. The topological polar surface area (TPSA) is 49.4 Å². The summed E-state index contributed by atoms with van der Waals surface area (Å²) in [6.07, 6.45) is 0.777. The van der Waals surface area contributed by atoms with E-state index in [2.05, 4.69) is 12.2 Å². The van der Waals surface area contributed by atoms with Crippen molar-refractivity contribution in [3.05, 3.63) is 0 Å². The molecule has 0 aromatic carbocycles. The van der Waals surface area contributed by atoms with Gasteiger partial charge in [0.05, 0.1) is 0 Å². The molecule has 1 N–H and O–H groups in total. The van der Waals surface area contributed by atoms with Gasteiger partial charge in [0, 0.05) is 20.5 Å². The number of carbonyl (C=O) groups is 2. The molecule has 2 amide bonds. The summed E-state index contributed by atoms with van der Waals surface area (Å²) in [5, 5.41) is 2.58. The third-order valence-electron chi connectivity index (χ3n) is 2.46. The Hall–Kier alpha value is -1.06. The first-order valence-corrected chi connectivity index (χ1v) is 4.55. The van der Waals surface area contributed by atoms with Crippen LogP contribution in [-0.4, -0.2) is 36.3 Å². The van der Waals surface area contributed by atoms with Gasteiger partial charge in [-0.25, -0.2) is 0 Å². The fraction of sp³-hybridized carbons (Fsp3) is 0.778. The molecule has 2 atom stereocenters. The molecule has 74 valence electrons. The fourth-order valence-electron chi connectivity index (χ4n) is 1.81. The smallest absolute Gasteiger partial charge is 0.242 e. The van der Waals surface area contributed by atoms with Crippen molar-refractivity contribution >= 4 is 11.8 Å². The molecule has 0 unspecified atom stereocenters. The van der Waals surface area contributed by atoms with E-state index in [4.69, 9.17) is 0 Å². The van der Waals surface area contributed by atoms with Crippen molar-refractivity contribution in [2.45, 2.75) is 26.3 Å². The van der Waals surface area contributed by atoms with E-state index >= 15 is 0 Å². The molecule has 13 heavy (non-hydrogen) atoms. The lowest BCUT2D eigenvalue weighted by atomic mass is 10.1. The van der Waals surface area contributed by atoms with E-state index in [-0.39, 0.29) is 17.9 Å². The largest absolute Gasteiger partial charge is 0.357 e. The average Bonchev–Trinajstić information content (AvgIpc) is 2.46. The minimum absolute atomic E-state index is 0.0158. The molecule has 1 rings (SSSR count). The van der Waals surface area contributed by atoms with Gasteiger partial charge in [-0.1, -0.05) is 6.92 Å². The molecule has 0 aromatic rings. The lowest BCUT2D eigenvalue weighted by Crippen LogP contribution is -2.43. The molecule has 0 saturated carbocycles. The number of carbonyl (C=O) groups excluding carboxylic acids is 2. The fourth-order valence-corrected chi connectivity index (χ4v) is 1.81. The molecule has 0 spiro atoms. The monoisotopic (exact) mass is 184 g/mol. The second-order valence-corrected chi connectivity index (χ2v) is 3.64. The summed E-state index contributed by atoms with van der Waals surface area (Å²) in [6, 6.07) is -0.252. The number of rotatable bonds is 1. The summed E-state index contributed by atoms with van der Waals surface area (Å²) < 4.78 is 0. The van der Waals surface area contributed by atoms with Gasteiger partial charge in [0.1, 0.15) is 6.04 Å². The normalized spacial score (nSPS) is 27.5. The molecular formula is C9H16N2O2. The van der Waals surface area contributed by atoms with E-state index in [1.165, 1.54) is 6.92 Å². The molecule has 0 bridgehead atoms. The second kappa shape index (κ2) is 3.77. The van der Waals surface area contributed by atoms with Gasteiger partial charge in [0.2, 0.25) is 11.8 Å². The molecule has 1 heterocycles. The van der Waals surface area contributed by atoms with E-state index in [0.29, 0.717) is 12.5 Å². The van der Waals surface area contributed by atoms with Crippen LogP contribution in [0.3, 0.4) is 0 Å². The van der Waals surface area contributed by atoms with E-state index in [1.54, 1.807) is 11.9 Å². The maximum atomic E-state index is 11.4. The van der Waals surface area contributed by atoms with Crippen molar-refractivity contribution in [2.24, 2.45) is 5.92 Å². The van der Waals surface area contributed by atoms with Crippen molar-refractivity contribution in [3.8, 4) is 0 Å². The summed E-state index contributed by atoms with van der Waals surface area (Å²) in [7, 11) is 1.60. The molecule has 1 aliphatic rings. The third kappa shape index (κ3) is 1.99. The first-order valence-electron chi connectivity index (χ1n) is 4.55. The zero-order chi connectivity index (χ0) is 10.0. The number of hydrogen-bond donors (Lipinski definition) is 1. The standard InChI is InChI=1S/C9H16N2O2/c1-6-4-8(9(13)10-3)11(5-6)7(2)12/h6,8H,4-5H2,1-3H3,(H,10,13)/t6-,8-/m0/s1. The molecule has 1 saturated heterocycles. The van der Waals surface area contributed by atoms with Gasteiger partial charge >= 0.3 is 0 Å². The number of likely N-dealkylation sites (tertiary alicyclic amines) is 1. The van der Waals surface area contributed by atoms with Crippen LogP contribution >= 0.6 is 0 Å². The van der Waals surface area contributed by atoms with E-state index in [9.17, 15) is 9.59 Å². The highest BCUT2D eigenvalue weighted by atomic mass is 16.2. The number of hydrogen-bond acceptors (Lipinski definition) is 2. The number of nitrogens with one attached hydrogen (secondary N) is 1. The quantitative estimate of drug-likeness (QED) is 0.623. The molecule has 4 heteroatoms. The summed E-state index contributed by atoms with van der Waals surface area (Å²) in [4.78, 5) is 24.2. The summed E-state index contributed by atoms with van der Waals surface area (Å²) >= 11 is 0. The highest BCUT2D eigenvalue weighted by Gasteiger charge is 2.35. The Morgan fingerprint density at radius 1 is 1.46 bits per heavy atom. The van der Waals surface area contributed by atoms with Crippen molar-refractivity contribution in [2.75, 3.05) is 13.6 Å². The van der Waals surface area contributed by atoms with E-state index in [1.807, 2.05) is 0 Å². The van der Waals surface area contributed by atoms with Gasteiger partial charge in [0.15, 0.2) is 0 Å². The minimum Gasteiger partial charge on any atom is -0.357 e. The van der Waals surface area contributed by atoms with E-state index in [0.717, 1.165) is 6.42 Å². The molecule has 1 fully saturated rings. The highest BCUT2D eigenvalue weighted by Crippen LogP contribution is 2.22. The molecule has 0 aliphatic carbocycles. The second-order valence-electron chi connectivity index (χ2n) is 3.64. The van der Waals surface area contributed by atoms with Crippen molar-refractivity contribution in [1.82, 2.24) is 10.2 Å². The molecule has 4 nitrogen and oxygen atoms in total. The van der Waals surface area contributed by atoms with Crippen LogP contribution in [-0.2, 0) is 9.59 Å². The van der Waals surface area contributed by atoms with Gasteiger partial charge in [-0.2, -0.15) is 0 Å². The predicted molar refractivity (Wildman–Crippen MR) is 49.0 cm³/mol. The Morgan fingerprint density at radius 3 is 2.54 bits per heavy atom. The average molecular weight is 184 g/mol. The molecule has 1 aliphatic heterocycles. The number of nitrogens with zero attached hydrogens (tertiary/aromatic N) is 1. The van der Waals surface area contributed by atoms with Crippen molar-refractivity contribution in [1.29, 1.82) is 0 Å². The zero-order valence-corrected chi connectivity index (χ0v) is 8.33. The Bertz CT molecular complexity index is 228. The number of amides is 2. The number of likely N-dealkylation sites (N-methyl/N-ethyl adjacent to an activating group) is 1. The Labute approximate surface area is 78.3 Å². The lowest BCUT2D eigenvalue weighted by molar-refractivity contribution is -0.136. The lowest BCUT2D eigenvalue weighted by Gasteiger charge is -2.21. The van der Waals surface area contributed by atoms with Crippen LogP contribution in [0.15, 0.2) is 0 Å². The van der Waals surface area contributed by atoms with Crippen LogP contribution in [0.4, 0.5) is 0 Å². The SMILES string of the molecule is CNC(=O)[C@@H]1C[C@H](C)CN1C(C)=O. The van der Waals surface area contributed by atoms with Crippen LogP contribution in [0.25, 0.3) is 0 Å². The third-order valence-corrected chi connectivity index (χ3v) is 2.46. The van der Waals surface area contributed by atoms with Crippen LogP contribution in [0.2, 0.25) is 0 Å². The summed E-state index contributed by atoms with van der Waals surface area (Å²) in [6.45, 7) is 4.26. The summed E-state index contributed by atoms with van der Waals surface area (Å²) in [5.74, 6) is 0.351. The first kappa shape index (κ1) is 10.0. The van der Waals surface area contributed by atoms with Crippen molar-refractivity contribution < 1.29 is 9.59 Å². The van der Waals surface area contributed by atoms with Crippen LogP contribution in [0.1, 0.15) is 20.3 Å². The maximum absolute atomic E-state index is 11.4. The Kier molecular flexibility index (Phi) is 2.90. The Balaban J connectivity index is 2.71. The molecular weight excluding hydrogens is 168 g/mol. The maximum Gasteiger partial charge on any atom is 0.242 e. The molecule has 0 radical (unpaired) electrons. The van der Waals surface area contributed by atoms with Gasteiger partial charge in [-0.3, -0.25) is 9.59 Å². The van der Waals surface area contributed by atoms with Gasteiger partial charge in [0.25, 0.3) is 0 Å². The molecule has 0 aromatic heterocycles. The predicted octanol–water partition coefficient (Wildman–Crippen LogP) is -0.0107. The van der Waals surface area contributed by atoms with Crippen molar-refractivity contribution in [3.63, 3.8) is 0 Å². The Morgan fingerprint density at radius 2 is 2.08 bits per heavy atom. The van der Waals surface area contributed by atoms with E-state index < -0.39 is 0 Å².